The Bertz CT molecular complexity index is 474. The number of hydrogen-bond acceptors (Lipinski definition) is 4. The van der Waals surface area contributed by atoms with Gasteiger partial charge in [-0.05, 0) is 18.6 Å². The minimum Gasteiger partial charge on any atom is -0.297 e. The van der Waals surface area contributed by atoms with Crippen LogP contribution in [0.5, 0.6) is 0 Å². The number of carbonyl (C=O) groups excluding carboxylic acids is 1. The standard InChI is InChI=1S/C9H9N3OS.C2H6.CH4/c1-6-3-7(4-13)14-8(6)9-10-5-11-12(9)2;1-2;/h3-5H,1-2H3;1-2H3;1H4. The third kappa shape index (κ3) is 3.23. The van der Waals surface area contributed by atoms with Crippen molar-refractivity contribution in [3.8, 4) is 10.7 Å². The van der Waals surface area contributed by atoms with Crippen LogP contribution < -0.4 is 0 Å². The van der Waals surface area contributed by atoms with Gasteiger partial charge in [-0.1, -0.05) is 21.3 Å². The summed E-state index contributed by atoms with van der Waals surface area (Å²) in [7, 11) is 1.84. The molecule has 2 aromatic heterocycles. The van der Waals surface area contributed by atoms with E-state index in [1.54, 1.807) is 4.68 Å². The van der Waals surface area contributed by atoms with E-state index in [-0.39, 0.29) is 7.43 Å². The summed E-state index contributed by atoms with van der Waals surface area (Å²) in [5.41, 5.74) is 1.06. The molecule has 0 spiro atoms. The second-order valence-electron chi connectivity index (χ2n) is 2.99. The molecule has 0 aliphatic heterocycles. The number of rotatable bonds is 2. The van der Waals surface area contributed by atoms with Crippen LogP contribution in [0.15, 0.2) is 12.4 Å². The molecule has 0 N–H and O–H groups in total. The Morgan fingerprint density at radius 2 is 2.06 bits per heavy atom. The Morgan fingerprint density at radius 1 is 1.41 bits per heavy atom. The zero-order valence-electron chi connectivity index (χ0n) is 9.89. The van der Waals surface area contributed by atoms with Crippen LogP contribution in [0, 0.1) is 6.92 Å². The molecule has 0 saturated heterocycles. The Balaban J connectivity index is 0.000000811. The summed E-state index contributed by atoms with van der Waals surface area (Å²) in [6.07, 6.45) is 2.37. The highest BCUT2D eigenvalue weighted by Crippen LogP contribution is 2.29. The van der Waals surface area contributed by atoms with Gasteiger partial charge in [0.2, 0.25) is 0 Å². The minimum absolute atomic E-state index is 0. The Hall–Kier alpha value is -1.49. The molecule has 17 heavy (non-hydrogen) atoms. The van der Waals surface area contributed by atoms with Crippen LogP contribution in [0.3, 0.4) is 0 Å². The van der Waals surface area contributed by atoms with Gasteiger partial charge in [0.1, 0.15) is 6.33 Å². The van der Waals surface area contributed by atoms with Crippen LogP contribution in [-0.4, -0.2) is 21.1 Å². The number of aryl methyl sites for hydroxylation is 2. The van der Waals surface area contributed by atoms with Crippen molar-refractivity contribution in [1.29, 1.82) is 0 Å². The number of thiophene rings is 1. The van der Waals surface area contributed by atoms with E-state index in [1.165, 1.54) is 17.7 Å². The second-order valence-corrected chi connectivity index (χ2v) is 4.07. The molecule has 0 amide bonds. The SMILES string of the molecule is C.CC.Cc1cc(C=O)sc1-c1ncnn1C. The van der Waals surface area contributed by atoms with E-state index in [0.717, 1.165) is 27.4 Å². The fraction of sp³-hybridized carbons (Fsp3) is 0.417. The largest absolute Gasteiger partial charge is 0.297 e. The van der Waals surface area contributed by atoms with Crippen molar-refractivity contribution in [2.24, 2.45) is 7.05 Å². The van der Waals surface area contributed by atoms with Crippen molar-refractivity contribution >= 4 is 17.6 Å². The molecular formula is C12H19N3OS. The summed E-state index contributed by atoms with van der Waals surface area (Å²) in [6.45, 7) is 5.97. The molecule has 0 atom stereocenters. The van der Waals surface area contributed by atoms with Crippen molar-refractivity contribution in [3.05, 3.63) is 22.8 Å². The molecule has 4 nitrogen and oxygen atoms in total. The molecule has 0 aliphatic rings. The van der Waals surface area contributed by atoms with Crippen molar-refractivity contribution in [2.45, 2.75) is 28.2 Å². The summed E-state index contributed by atoms with van der Waals surface area (Å²) in [6, 6.07) is 1.86. The van der Waals surface area contributed by atoms with Gasteiger partial charge in [0.25, 0.3) is 0 Å². The molecule has 0 aromatic carbocycles. The third-order valence-electron chi connectivity index (χ3n) is 1.97. The quantitative estimate of drug-likeness (QED) is 0.771. The second kappa shape index (κ2) is 6.96. The lowest BCUT2D eigenvalue weighted by molar-refractivity contribution is 0.112. The Kier molecular flexibility index (Phi) is 6.35. The number of aromatic nitrogens is 3. The maximum atomic E-state index is 10.6. The molecule has 0 fully saturated rings. The molecule has 0 saturated carbocycles. The summed E-state index contributed by atoms with van der Waals surface area (Å²) in [5.74, 6) is 0.806. The minimum atomic E-state index is 0. The van der Waals surface area contributed by atoms with Gasteiger partial charge in [0.05, 0.1) is 9.75 Å². The van der Waals surface area contributed by atoms with E-state index in [2.05, 4.69) is 10.1 Å². The molecular weight excluding hydrogens is 234 g/mol. The van der Waals surface area contributed by atoms with Crippen LogP contribution in [0.4, 0.5) is 0 Å². The topological polar surface area (TPSA) is 47.8 Å². The first-order chi connectivity index (χ1) is 7.72. The van der Waals surface area contributed by atoms with Gasteiger partial charge in [-0.25, -0.2) is 9.67 Å². The van der Waals surface area contributed by atoms with Crippen LogP contribution in [0.25, 0.3) is 10.7 Å². The first kappa shape index (κ1) is 15.5. The Labute approximate surface area is 106 Å². The number of hydrogen-bond donors (Lipinski definition) is 0. The number of carbonyl (C=O) groups is 1. The molecule has 0 radical (unpaired) electrons. The van der Waals surface area contributed by atoms with Gasteiger partial charge in [0.15, 0.2) is 12.1 Å². The lowest BCUT2D eigenvalue weighted by Gasteiger charge is -1.96. The highest BCUT2D eigenvalue weighted by Gasteiger charge is 2.11. The first-order valence-corrected chi connectivity index (χ1v) is 5.94. The molecule has 0 unspecified atom stereocenters. The lowest BCUT2D eigenvalue weighted by atomic mass is 10.2. The van der Waals surface area contributed by atoms with E-state index >= 15 is 0 Å². The Morgan fingerprint density at radius 3 is 2.47 bits per heavy atom. The molecule has 5 heteroatoms. The average Bonchev–Trinajstić information content (AvgIpc) is 2.87. The summed E-state index contributed by atoms with van der Waals surface area (Å²) in [4.78, 5) is 16.5. The molecule has 0 bridgehead atoms. The zero-order valence-corrected chi connectivity index (χ0v) is 10.7. The smallest absolute Gasteiger partial charge is 0.168 e. The fourth-order valence-electron chi connectivity index (χ4n) is 1.29. The van der Waals surface area contributed by atoms with Crippen LogP contribution in [-0.2, 0) is 7.05 Å². The summed E-state index contributed by atoms with van der Waals surface area (Å²) in [5, 5.41) is 3.99. The fourth-order valence-corrected chi connectivity index (χ4v) is 2.30. The van der Waals surface area contributed by atoms with Crippen molar-refractivity contribution in [1.82, 2.24) is 14.8 Å². The van der Waals surface area contributed by atoms with Crippen LogP contribution >= 0.6 is 11.3 Å². The average molecular weight is 253 g/mol. The van der Waals surface area contributed by atoms with Crippen molar-refractivity contribution < 1.29 is 4.79 Å². The normalized spacial score (nSPS) is 8.94. The van der Waals surface area contributed by atoms with E-state index in [9.17, 15) is 4.79 Å². The van der Waals surface area contributed by atoms with Crippen LogP contribution in [0.1, 0.15) is 36.5 Å². The lowest BCUT2D eigenvalue weighted by Crippen LogP contribution is -1.93. The van der Waals surface area contributed by atoms with Gasteiger partial charge in [-0.15, -0.1) is 11.3 Å². The third-order valence-corrected chi connectivity index (χ3v) is 3.13. The predicted molar refractivity (Wildman–Crippen MR) is 72.5 cm³/mol. The van der Waals surface area contributed by atoms with Crippen LogP contribution in [0.2, 0.25) is 0 Å². The van der Waals surface area contributed by atoms with Gasteiger partial charge in [-0.2, -0.15) is 5.10 Å². The van der Waals surface area contributed by atoms with E-state index in [4.69, 9.17) is 0 Å². The van der Waals surface area contributed by atoms with E-state index < -0.39 is 0 Å². The summed E-state index contributed by atoms with van der Waals surface area (Å²) < 4.78 is 1.70. The monoisotopic (exact) mass is 253 g/mol. The first-order valence-electron chi connectivity index (χ1n) is 5.12. The molecule has 2 aromatic rings. The van der Waals surface area contributed by atoms with Gasteiger partial charge in [0, 0.05) is 7.05 Å². The van der Waals surface area contributed by atoms with Crippen molar-refractivity contribution in [3.63, 3.8) is 0 Å². The van der Waals surface area contributed by atoms with Crippen molar-refractivity contribution in [2.75, 3.05) is 0 Å². The number of nitrogens with zero attached hydrogens (tertiary/aromatic N) is 3. The predicted octanol–water partition coefficient (Wildman–Crippen LogP) is 3.33. The van der Waals surface area contributed by atoms with E-state index in [0.29, 0.717) is 0 Å². The summed E-state index contributed by atoms with van der Waals surface area (Å²) >= 11 is 1.44. The van der Waals surface area contributed by atoms with E-state index in [1.807, 2.05) is 33.9 Å². The maximum absolute atomic E-state index is 10.6. The number of aldehydes is 1. The van der Waals surface area contributed by atoms with Gasteiger partial charge >= 0.3 is 0 Å². The molecule has 0 aliphatic carbocycles. The highest BCUT2D eigenvalue weighted by atomic mass is 32.1. The van der Waals surface area contributed by atoms with Gasteiger partial charge in [-0.3, -0.25) is 4.79 Å². The molecule has 2 rings (SSSR count). The molecule has 2 heterocycles. The van der Waals surface area contributed by atoms with Gasteiger partial charge < -0.3 is 0 Å². The highest BCUT2D eigenvalue weighted by molar-refractivity contribution is 7.17. The maximum Gasteiger partial charge on any atom is 0.168 e. The molecule has 94 valence electrons. The zero-order chi connectivity index (χ0) is 12.1.